The molecule has 1 fully saturated rings. The van der Waals surface area contributed by atoms with Gasteiger partial charge < -0.3 is 19.0 Å². The van der Waals surface area contributed by atoms with Crippen LogP contribution in [-0.4, -0.2) is 41.4 Å². The van der Waals surface area contributed by atoms with Crippen LogP contribution in [0.5, 0.6) is 5.75 Å². The Hall–Kier alpha value is -2.78. The molecule has 2 heterocycles. The average Bonchev–Trinajstić information content (AvgIpc) is 3.16. The van der Waals surface area contributed by atoms with Gasteiger partial charge in [0.05, 0.1) is 5.71 Å². The zero-order chi connectivity index (χ0) is 21.0. The molecule has 10 heteroatoms. The first-order valence-corrected chi connectivity index (χ1v) is 9.36. The van der Waals surface area contributed by atoms with E-state index < -0.39 is 6.36 Å². The number of nitrogens with zero attached hydrogens (tertiary/aromatic N) is 4. The second-order valence-corrected chi connectivity index (χ2v) is 7.13. The Kier molecular flexibility index (Phi) is 6.29. The van der Waals surface area contributed by atoms with Crippen LogP contribution in [0.2, 0.25) is 0 Å². The van der Waals surface area contributed by atoms with Gasteiger partial charge in [0.15, 0.2) is 5.82 Å². The van der Waals surface area contributed by atoms with E-state index in [0.29, 0.717) is 36.2 Å². The maximum atomic E-state index is 12.2. The van der Waals surface area contributed by atoms with Crippen LogP contribution < -0.4 is 9.64 Å². The van der Waals surface area contributed by atoms with Crippen LogP contribution >= 0.6 is 0 Å². The molecule has 1 aliphatic heterocycles. The first kappa shape index (κ1) is 20.9. The Labute approximate surface area is 166 Å². The molecule has 1 aromatic heterocycles. The number of hydrogen-bond donors (Lipinski definition) is 0. The van der Waals surface area contributed by atoms with Gasteiger partial charge in [-0.1, -0.05) is 24.2 Å². The molecule has 1 saturated heterocycles. The highest BCUT2D eigenvalue weighted by atomic mass is 19.4. The second kappa shape index (κ2) is 8.71. The Morgan fingerprint density at radius 1 is 1.21 bits per heavy atom. The first-order valence-electron chi connectivity index (χ1n) is 9.36. The third-order valence-corrected chi connectivity index (χ3v) is 4.50. The van der Waals surface area contributed by atoms with E-state index >= 15 is 0 Å². The normalized spacial score (nSPS) is 16.4. The molecule has 0 atom stereocenters. The van der Waals surface area contributed by atoms with Crippen molar-refractivity contribution in [3.63, 3.8) is 0 Å². The third kappa shape index (κ3) is 5.85. The van der Waals surface area contributed by atoms with Crippen molar-refractivity contribution in [1.29, 1.82) is 0 Å². The predicted molar refractivity (Wildman–Crippen MR) is 100 cm³/mol. The summed E-state index contributed by atoms with van der Waals surface area (Å²) in [6.07, 6.45) is -3.27. The maximum absolute atomic E-state index is 12.2. The summed E-state index contributed by atoms with van der Waals surface area (Å²) in [7, 11) is 0. The van der Waals surface area contributed by atoms with E-state index in [-0.39, 0.29) is 17.8 Å². The SMILES string of the molecule is C/C(=N/OC1CCN(c2nc(C(C)C)no2)CC1)c1ccc(OC(F)(F)F)cc1. The van der Waals surface area contributed by atoms with E-state index in [0.717, 1.165) is 12.8 Å². The summed E-state index contributed by atoms with van der Waals surface area (Å²) in [5.74, 6) is 0.619. The van der Waals surface area contributed by atoms with Crippen molar-refractivity contribution >= 4 is 11.7 Å². The van der Waals surface area contributed by atoms with Gasteiger partial charge in [-0.15, -0.1) is 13.2 Å². The van der Waals surface area contributed by atoms with Gasteiger partial charge in [-0.05, 0) is 36.8 Å². The van der Waals surface area contributed by atoms with Crippen molar-refractivity contribution in [2.45, 2.75) is 52.0 Å². The number of anilines is 1. The number of piperidine rings is 1. The summed E-state index contributed by atoms with van der Waals surface area (Å²) < 4.78 is 45.8. The van der Waals surface area contributed by atoms with Crippen LogP contribution in [0.1, 0.15) is 50.9 Å². The number of oxime groups is 1. The zero-order valence-corrected chi connectivity index (χ0v) is 16.4. The summed E-state index contributed by atoms with van der Waals surface area (Å²) in [5.41, 5.74) is 1.23. The Balaban J connectivity index is 1.50. The van der Waals surface area contributed by atoms with Gasteiger partial charge in [-0.25, -0.2) is 0 Å². The lowest BCUT2D eigenvalue weighted by molar-refractivity contribution is -0.274. The van der Waals surface area contributed by atoms with E-state index in [1.807, 2.05) is 18.7 Å². The molecule has 1 aromatic carbocycles. The van der Waals surface area contributed by atoms with Crippen LogP contribution in [-0.2, 0) is 4.84 Å². The van der Waals surface area contributed by atoms with Gasteiger partial charge in [0.1, 0.15) is 11.9 Å². The van der Waals surface area contributed by atoms with Crippen molar-refractivity contribution in [3.8, 4) is 5.75 Å². The molecule has 0 saturated carbocycles. The summed E-state index contributed by atoms with van der Waals surface area (Å²) >= 11 is 0. The fraction of sp³-hybridized carbons (Fsp3) is 0.526. The van der Waals surface area contributed by atoms with Gasteiger partial charge in [0.25, 0.3) is 0 Å². The molecular formula is C19H23F3N4O3. The Morgan fingerprint density at radius 3 is 2.41 bits per heavy atom. The number of benzene rings is 1. The van der Waals surface area contributed by atoms with E-state index in [9.17, 15) is 13.2 Å². The predicted octanol–water partition coefficient (Wildman–Crippen LogP) is 4.50. The quantitative estimate of drug-likeness (QED) is 0.514. The Morgan fingerprint density at radius 2 is 1.86 bits per heavy atom. The maximum Gasteiger partial charge on any atom is 0.573 e. The lowest BCUT2D eigenvalue weighted by Gasteiger charge is -2.29. The number of rotatable bonds is 6. The van der Waals surface area contributed by atoms with Crippen molar-refractivity contribution in [2.24, 2.45) is 5.16 Å². The standard InChI is InChI=1S/C19H23F3N4O3/c1-12(2)17-23-18(29-25-17)26-10-8-16(9-11-26)28-24-13(3)14-4-6-15(7-5-14)27-19(20,21)22/h4-7,12,16H,8-11H2,1-3H3/b24-13-. The topological polar surface area (TPSA) is 73.0 Å². The van der Waals surface area contributed by atoms with E-state index in [1.165, 1.54) is 24.3 Å². The number of alkyl halides is 3. The van der Waals surface area contributed by atoms with E-state index in [2.05, 4.69) is 20.0 Å². The summed E-state index contributed by atoms with van der Waals surface area (Å²) in [4.78, 5) is 12.0. The van der Waals surface area contributed by atoms with Gasteiger partial charge in [0.2, 0.25) is 0 Å². The van der Waals surface area contributed by atoms with Gasteiger partial charge in [-0.3, -0.25) is 0 Å². The average molecular weight is 412 g/mol. The van der Waals surface area contributed by atoms with E-state index in [1.54, 1.807) is 6.92 Å². The fourth-order valence-electron chi connectivity index (χ4n) is 2.85. The van der Waals surface area contributed by atoms with Gasteiger partial charge in [-0.2, -0.15) is 4.98 Å². The van der Waals surface area contributed by atoms with Crippen LogP contribution in [0.3, 0.4) is 0 Å². The molecule has 0 bridgehead atoms. The largest absolute Gasteiger partial charge is 0.573 e. The monoisotopic (exact) mass is 412 g/mol. The molecule has 7 nitrogen and oxygen atoms in total. The summed E-state index contributed by atoms with van der Waals surface area (Å²) in [6, 6.07) is 6.03. The van der Waals surface area contributed by atoms with Crippen LogP contribution in [0.15, 0.2) is 33.9 Å². The second-order valence-electron chi connectivity index (χ2n) is 7.13. The fourth-order valence-corrected chi connectivity index (χ4v) is 2.85. The zero-order valence-electron chi connectivity index (χ0n) is 16.4. The van der Waals surface area contributed by atoms with Gasteiger partial charge >= 0.3 is 12.4 Å². The molecule has 0 spiro atoms. The van der Waals surface area contributed by atoms with Crippen molar-refractivity contribution < 1.29 is 27.3 Å². The Bertz CT molecular complexity index is 826. The number of ether oxygens (including phenoxy) is 1. The number of halogens is 3. The molecule has 3 rings (SSSR count). The highest BCUT2D eigenvalue weighted by Gasteiger charge is 2.31. The molecule has 0 radical (unpaired) electrons. The lowest BCUT2D eigenvalue weighted by atomic mass is 10.1. The lowest BCUT2D eigenvalue weighted by Crippen LogP contribution is -2.36. The van der Waals surface area contributed by atoms with Crippen molar-refractivity contribution in [1.82, 2.24) is 10.1 Å². The third-order valence-electron chi connectivity index (χ3n) is 4.50. The first-order chi connectivity index (χ1) is 13.7. The minimum atomic E-state index is -4.71. The molecule has 2 aromatic rings. The summed E-state index contributed by atoms with van der Waals surface area (Å²) in [5, 5.41) is 8.11. The van der Waals surface area contributed by atoms with Crippen molar-refractivity contribution in [3.05, 3.63) is 35.7 Å². The molecule has 158 valence electrons. The minimum absolute atomic E-state index is 0.0541. The smallest absolute Gasteiger partial charge is 0.406 e. The molecule has 1 aliphatic rings. The minimum Gasteiger partial charge on any atom is -0.406 e. The van der Waals surface area contributed by atoms with Crippen LogP contribution in [0.25, 0.3) is 0 Å². The van der Waals surface area contributed by atoms with Crippen LogP contribution in [0, 0.1) is 0 Å². The molecule has 0 unspecified atom stereocenters. The molecule has 0 N–H and O–H groups in total. The highest BCUT2D eigenvalue weighted by molar-refractivity contribution is 5.98. The van der Waals surface area contributed by atoms with Crippen molar-refractivity contribution in [2.75, 3.05) is 18.0 Å². The number of hydrogen-bond acceptors (Lipinski definition) is 7. The summed E-state index contributed by atoms with van der Waals surface area (Å²) in [6.45, 7) is 7.17. The molecule has 0 aliphatic carbocycles. The van der Waals surface area contributed by atoms with E-state index in [4.69, 9.17) is 9.36 Å². The number of aromatic nitrogens is 2. The molecule has 0 amide bonds. The molecule has 29 heavy (non-hydrogen) atoms. The highest BCUT2D eigenvalue weighted by Crippen LogP contribution is 2.24. The van der Waals surface area contributed by atoms with Crippen LogP contribution in [0.4, 0.5) is 19.2 Å². The van der Waals surface area contributed by atoms with Gasteiger partial charge in [0, 0.05) is 31.8 Å². The molecular weight excluding hydrogens is 389 g/mol.